The molecular formula is C22H18N4O4S. The second-order valence-electron chi connectivity index (χ2n) is 6.56. The Labute approximate surface area is 179 Å². The van der Waals surface area contributed by atoms with Gasteiger partial charge in [0.2, 0.25) is 11.7 Å². The van der Waals surface area contributed by atoms with E-state index in [4.69, 9.17) is 4.52 Å². The van der Waals surface area contributed by atoms with Crippen LogP contribution in [0.15, 0.2) is 94.3 Å². The summed E-state index contributed by atoms with van der Waals surface area (Å²) in [6, 6.07) is 23.5. The number of hydrogen-bond donors (Lipinski definition) is 2. The van der Waals surface area contributed by atoms with E-state index in [1.54, 1.807) is 18.2 Å². The average molecular weight is 434 g/mol. The molecule has 0 saturated heterocycles. The van der Waals surface area contributed by atoms with Crippen molar-refractivity contribution in [2.24, 2.45) is 0 Å². The first-order chi connectivity index (χ1) is 15.0. The molecule has 2 N–H and O–H groups in total. The number of nitrogens with one attached hydrogen (secondary N) is 2. The number of carbonyl (C=O) groups is 1. The molecule has 4 rings (SSSR count). The van der Waals surface area contributed by atoms with E-state index in [0.29, 0.717) is 17.1 Å². The minimum atomic E-state index is -3.69. The number of carbonyl (C=O) groups excluding carboxylic acids is 1. The molecular weight excluding hydrogens is 416 g/mol. The first-order valence-corrected chi connectivity index (χ1v) is 10.8. The Hall–Kier alpha value is -3.98. The van der Waals surface area contributed by atoms with Crippen LogP contribution in [-0.4, -0.2) is 24.5 Å². The van der Waals surface area contributed by atoms with Crippen LogP contribution in [0.2, 0.25) is 0 Å². The van der Waals surface area contributed by atoms with Crippen molar-refractivity contribution in [1.82, 2.24) is 15.5 Å². The summed E-state index contributed by atoms with van der Waals surface area (Å²) in [5.41, 5.74) is 1.53. The molecule has 1 aromatic heterocycles. The van der Waals surface area contributed by atoms with Crippen molar-refractivity contribution in [3.05, 3.63) is 96.4 Å². The van der Waals surface area contributed by atoms with Gasteiger partial charge in [-0.25, -0.2) is 8.42 Å². The molecule has 1 heterocycles. The van der Waals surface area contributed by atoms with Crippen LogP contribution in [0.4, 0.5) is 5.69 Å². The summed E-state index contributed by atoms with van der Waals surface area (Å²) in [7, 11) is -3.69. The van der Waals surface area contributed by atoms with Crippen LogP contribution >= 0.6 is 0 Å². The molecule has 8 nitrogen and oxygen atoms in total. The van der Waals surface area contributed by atoms with Crippen molar-refractivity contribution in [2.45, 2.75) is 11.4 Å². The molecule has 0 bridgehead atoms. The lowest BCUT2D eigenvalue weighted by atomic mass is 10.2. The van der Waals surface area contributed by atoms with Crippen molar-refractivity contribution in [3.63, 3.8) is 0 Å². The number of amides is 1. The number of rotatable bonds is 7. The van der Waals surface area contributed by atoms with E-state index < -0.39 is 10.0 Å². The van der Waals surface area contributed by atoms with Crippen molar-refractivity contribution >= 4 is 21.6 Å². The monoisotopic (exact) mass is 434 g/mol. The van der Waals surface area contributed by atoms with E-state index in [1.165, 1.54) is 36.4 Å². The standard InChI is InChI=1S/C22H18N4O4S/c27-22(23-15-20-24-21(25-30-20)16-7-3-1-4-8-16)17-11-13-18(14-12-17)26-31(28,29)19-9-5-2-6-10-19/h1-14,26H,15H2,(H,23,27). The summed E-state index contributed by atoms with van der Waals surface area (Å²) in [5.74, 6) is 0.372. The quantitative estimate of drug-likeness (QED) is 0.460. The third kappa shape index (κ3) is 4.96. The Bertz CT molecular complexity index is 1270. The fourth-order valence-corrected chi connectivity index (χ4v) is 3.87. The Balaban J connectivity index is 1.36. The summed E-state index contributed by atoms with van der Waals surface area (Å²) >= 11 is 0. The molecule has 0 fully saturated rings. The fourth-order valence-electron chi connectivity index (χ4n) is 2.79. The van der Waals surface area contributed by atoms with Gasteiger partial charge in [0.15, 0.2) is 0 Å². The van der Waals surface area contributed by atoms with Gasteiger partial charge in [-0.05, 0) is 36.4 Å². The highest BCUT2D eigenvalue weighted by Gasteiger charge is 2.14. The topological polar surface area (TPSA) is 114 Å². The SMILES string of the molecule is O=C(NCc1nc(-c2ccccc2)no1)c1ccc(NS(=O)(=O)c2ccccc2)cc1. The Morgan fingerprint density at radius 2 is 1.52 bits per heavy atom. The molecule has 3 aromatic carbocycles. The fraction of sp³-hybridized carbons (Fsp3) is 0.0455. The van der Waals surface area contributed by atoms with Gasteiger partial charge in [0, 0.05) is 16.8 Å². The van der Waals surface area contributed by atoms with E-state index in [1.807, 2.05) is 30.3 Å². The highest BCUT2D eigenvalue weighted by Crippen LogP contribution is 2.17. The largest absolute Gasteiger partial charge is 0.343 e. The van der Waals surface area contributed by atoms with Gasteiger partial charge in [0.25, 0.3) is 15.9 Å². The maximum Gasteiger partial charge on any atom is 0.261 e. The zero-order chi connectivity index (χ0) is 21.7. The normalized spacial score (nSPS) is 11.1. The van der Waals surface area contributed by atoms with Gasteiger partial charge in [-0.2, -0.15) is 4.98 Å². The second-order valence-corrected chi connectivity index (χ2v) is 8.24. The van der Waals surface area contributed by atoms with E-state index in [9.17, 15) is 13.2 Å². The van der Waals surface area contributed by atoms with Gasteiger partial charge < -0.3 is 9.84 Å². The molecule has 0 unspecified atom stereocenters. The Morgan fingerprint density at radius 3 is 2.19 bits per heavy atom. The highest BCUT2D eigenvalue weighted by atomic mass is 32.2. The van der Waals surface area contributed by atoms with Gasteiger partial charge in [-0.3, -0.25) is 9.52 Å². The molecule has 31 heavy (non-hydrogen) atoms. The zero-order valence-electron chi connectivity index (χ0n) is 16.2. The number of hydrogen-bond acceptors (Lipinski definition) is 6. The van der Waals surface area contributed by atoms with Gasteiger partial charge in [-0.1, -0.05) is 53.7 Å². The van der Waals surface area contributed by atoms with Crippen molar-refractivity contribution in [2.75, 3.05) is 4.72 Å². The molecule has 0 aliphatic rings. The molecule has 4 aromatic rings. The minimum Gasteiger partial charge on any atom is -0.343 e. The van der Waals surface area contributed by atoms with E-state index in [0.717, 1.165) is 5.56 Å². The lowest BCUT2D eigenvalue weighted by Gasteiger charge is -2.09. The van der Waals surface area contributed by atoms with Crippen LogP contribution < -0.4 is 10.0 Å². The number of anilines is 1. The van der Waals surface area contributed by atoms with Crippen molar-refractivity contribution < 1.29 is 17.7 Å². The molecule has 0 radical (unpaired) electrons. The summed E-state index contributed by atoms with van der Waals surface area (Å²) in [4.78, 5) is 16.8. The maximum atomic E-state index is 12.4. The number of benzene rings is 3. The van der Waals surface area contributed by atoms with Crippen LogP contribution in [0, 0.1) is 0 Å². The van der Waals surface area contributed by atoms with Crippen molar-refractivity contribution in [1.29, 1.82) is 0 Å². The van der Waals surface area contributed by atoms with Gasteiger partial charge in [-0.15, -0.1) is 0 Å². The summed E-state index contributed by atoms with van der Waals surface area (Å²) in [6.45, 7) is 0.0705. The maximum absolute atomic E-state index is 12.4. The van der Waals surface area contributed by atoms with Crippen molar-refractivity contribution in [3.8, 4) is 11.4 Å². The number of sulfonamides is 1. The van der Waals surface area contributed by atoms with E-state index >= 15 is 0 Å². The molecule has 0 aliphatic heterocycles. The number of aromatic nitrogens is 2. The van der Waals surface area contributed by atoms with Gasteiger partial charge in [0.05, 0.1) is 11.4 Å². The summed E-state index contributed by atoms with van der Waals surface area (Å²) in [6.07, 6.45) is 0. The first kappa shape index (κ1) is 20.3. The van der Waals surface area contributed by atoms with Crippen LogP contribution in [0.1, 0.15) is 16.2 Å². The molecule has 9 heteroatoms. The highest BCUT2D eigenvalue weighted by molar-refractivity contribution is 7.92. The zero-order valence-corrected chi connectivity index (χ0v) is 17.0. The summed E-state index contributed by atoms with van der Waals surface area (Å²) in [5, 5.41) is 6.60. The predicted molar refractivity (Wildman–Crippen MR) is 115 cm³/mol. The number of nitrogens with zero attached hydrogens (tertiary/aromatic N) is 2. The Kier molecular flexibility index (Phi) is 5.76. The first-order valence-electron chi connectivity index (χ1n) is 9.35. The van der Waals surface area contributed by atoms with Crippen LogP contribution in [0.5, 0.6) is 0 Å². The third-order valence-electron chi connectivity index (χ3n) is 4.35. The van der Waals surface area contributed by atoms with Gasteiger partial charge in [0.1, 0.15) is 0 Å². The minimum absolute atomic E-state index is 0.0705. The molecule has 1 amide bonds. The van der Waals surface area contributed by atoms with Crippen LogP contribution in [0.3, 0.4) is 0 Å². The predicted octanol–water partition coefficient (Wildman–Crippen LogP) is 3.47. The smallest absolute Gasteiger partial charge is 0.261 e. The molecule has 156 valence electrons. The van der Waals surface area contributed by atoms with Crippen LogP contribution in [-0.2, 0) is 16.6 Å². The lowest BCUT2D eigenvalue weighted by molar-refractivity contribution is 0.0946. The molecule has 0 spiro atoms. The van der Waals surface area contributed by atoms with Gasteiger partial charge >= 0.3 is 0 Å². The molecule has 0 atom stereocenters. The average Bonchev–Trinajstić information content (AvgIpc) is 3.28. The molecule has 0 saturated carbocycles. The van der Waals surface area contributed by atoms with Crippen LogP contribution in [0.25, 0.3) is 11.4 Å². The third-order valence-corrected chi connectivity index (χ3v) is 5.75. The summed E-state index contributed by atoms with van der Waals surface area (Å²) < 4.78 is 32.4. The second kappa shape index (κ2) is 8.80. The van der Waals surface area contributed by atoms with E-state index in [-0.39, 0.29) is 23.2 Å². The molecule has 0 aliphatic carbocycles. The Morgan fingerprint density at radius 1 is 0.871 bits per heavy atom. The van der Waals surface area contributed by atoms with E-state index in [2.05, 4.69) is 20.2 Å². The lowest BCUT2D eigenvalue weighted by Crippen LogP contribution is -2.23.